The van der Waals surface area contributed by atoms with Crippen LogP contribution in [0.3, 0.4) is 0 Å². The van der Waals surface area contributed by atoms with Gasteiger partial charge in [-0.15, -0.1) is 0 Å². The highest BCUT2D eigenvalue weighted by atomic mass is 35.5. The van der Waals surface area contributed by atoms with Crippen molar-refractivity contribution in [1.82, 2.24) is 4.90 Å². The first-order valence-electron chi connectivity index (χ1n) is 9.72. The molecule has 1 fully saturated rings. The number of aliphatic hydroxyl groups is 1. The first-order valence-corrected chi connectivity index (χ1v) is 10.1. The predicted octanol–water partition coefficient (Wildman–Crippen LogP) is 4.58. The van der Waals surface area contributed by atoms with Gasteiger partial charge in [0.2, 0.25) is 0 Å². The van der Waals surface area contributed by atoms with E-state index < -0.39 is 17.7 Å². The molecule has 0 spiro atoms. The van der Waals surface area contributed by atoms with Gasteiger partial charge in [0.25, 0.3) is 11.7 Å². The topological polar surface area (TPSA) is 87.1 Å². The molecule has 0 aliphatic carbocycles. The van der Waals surface area contributed by atoms with Crippen LogP contribution in [0.2, 0.25) is 5.02 Å². The Balaban J connectivity index is 2.19. The number of halogens is 1. The van der Waals surface area contributed by atoms with Gasteiger partial charge in [0, 0.05) is 12.1 Å². The fraction of sp³-hybridized carbons (Fsp3) is 0.304. The Morgan fingerprint density at radius 3 is 2.53 bits per heavy atom. The predicted molar refractivity (Wildman–Crippen MR) is 115 cm³/mol. The third-order valence-electron chi connectivity index (χ3n) is 5.25. The number of ketones is 1. The molecule has 1 aliphatic heterocycles. The number of carbonyl (C=O) groups is 2. The zero-order chi connectivity index (χ0) is 22.0. The smallest absolute Gasteiger partial charge is 0.295 e. The number of phenolic OH excluding ortho intramolecular Hbond substituents is 1. The van der Waals surface area contributed by atoms with Crippen molar-refractivity contribution in [2.24, 2.45) is 0 Å². The standard InChI is InChI=1S/C23H24ClNO5/c1-4-5-10-25-20(14-6-8-17(26)16(24)12-14)19(22(28)23(25)29)21(27)15-7-9-18(30-3)13(2)11-15/h6-9,11-12,20,26-27H,4-5,10H2,1-3H3/b21-19-. The number of hydrogen-bond acceptors (Lipinski definition) is 5. The molecule has 1 saturated heterocycles. The number of aryl methyl sites for hydroxylation is 1. The van der Waals surface area contributed by atoms with Gasteiger partial charge in [0.15, 0.2) is 0 Å². The first kappa shape index (κ1) is 21.7. The minimum Gasteiger partial charge on any atom is -0.507 e. The highest BCUT2D eigenvalue weighted by Gasteiger charge is 2.45. The molecule has 2 aromatic carbocycles. The highest BCUT2D eigenvalue weighted by molar-refractivity contribution is 6.46. The Morgan fingerprint density at radius 2 is 1.93 bits per heavy atom. The van der Waals surface area contributed by atoms with E-state index in [1.807, 2.05) is 13.8 Å². The van der Waals surface area contributed by atoms with Crippen LogP contribution in [0.5, 0.6) is 11.5 Å². The summed E-state index contributed by atoms with van der Waals surface area (Å²) in [6, 6.07) is 8.77. The van der Waals surface area contributed by atoms with Gasteiger partial charge in [-0.25, -0.2) is 0 Å². The van der Waals surface area contributed by atoms with Crippen LogP contribution in [-0.4, -0.2) is 40.5 Å². The molecule has 3 rings (SSSR count). The van der Waals surface area contributed by atoms with Crippen molar-refractivity contribution in [2.75, 3.05) is 13.7 Å². The quantitative estimate of drug-likeness (QED) is 0.398. The number of nitrogens with zero attached hydrogens (tertiary/aromatic N) is 1. The summed E-state index contributed by atoms with van der Waals surface area (Å²) in [4.78, 5) is 27.2. The van der Waals surface area contributed by atoms with E-state index in [1.54, 1.807) is 31.4 Å². The lowest BCUT2D eigenvalue weighted by Gasteiger charge is -2.25. The van der Waals surface area contributed by atoms with Crippen LogP contribution < -0.4 is 4.74 Å². The third kappa shape index (κ3) is 3.87. The van der Waals surface area contributed by atoms with Gasteiger partial charge >= 0.3 is 0 Å². The van der Waals surface area contributed by atoms with Gasteiger partial charge in [-0.05, 0) is 54.8 Å². The van der Waals surface area contributed by atoms with Crippen molar-refractivity contribution in [1.29, 1.82) is 0 Å². The number of amides is 1. The van der Waals surface area contributed by atoms with Crippen LogP contribution in [0, 0.1) is 6.92 Å². The van der Waals surface area contributed by atoms with E-state index in [0.717, 1.165) is 12.0 Å². The lowest BCUT2D eigenvalue weighted by atomic mass is 9.94. The monoisotopic (exact) mass is 429 g/mol. The van der Waals surface area contributed by atoms with Gasteiger partial charge < -0.3 is 19.8 Å². The minimum absolute atomic E-state index is 0.00225. The Morgan fingerprint density at radius 1 is 1.20 bits per heavy atom. The van der Waals surface area contributed by atoms with E-state index in [-0.39, 0.29) is 22.1 Å². The average molecular weight is 430 g/mol. The number of aliphatic hydroxyl groups excluding tert-OH is 1. The number of benzene rings is 2. The molecule has 0 aromatic heterocycles. The number of Topliss-reactive ketones (excluding diaryl/α,β-unsaturated/α-hetero) is 1. The van der Waals surface area contributed by atoms with E-state index in [9.17, 15) is 19.8 Å². The number of carbonyl (C=O) groups excluding carboxylic acids is 2. The fourth-order valence-corrected chi connectivity index (χ4v) is 3.85. The summed E-state index contributed by atoms with van der Waals surface area (Å²) in [6.07, 6.45) is 1.54. The molecule has 1 amide bonds. The Hall–Kier alpha value is -2.99. The Kier molecular flexibility index (Phi) is 6.37. The molecule has 1 heterocycles. The maximum absolute atomic E-state index is 12.9. The van der Waals surface area contributed by atoms with Crippen molar-refractivity contribution in [3.05, 3.63) is 63.7 Å². The average Bonchev–Trinajstić information content (AvgIpc) is 2.98. The molecule has 30 heavy (non-hydrogen) atoms. The summed E-state index contributed by atoms with van der Waals surface area (Å²) in [5.41, 5.74) is 1.74. The van der Waals surface area contributed by atoms with Gasteiger partial charge in [0.1, 0.15) is 17.3 Å². The number of methoxy groups -OCH3 is 1. The molecule has 7 heteroatoms. The summed E-state index contributed by atoms with van der Waals surface area (Å²) in [6.45, 7) is 4.18. The summed E-state index contributed by atoms with van der Waals surface area (Å²) in [7, 11) is 1.55. The molecule has 0 radical (unpaired) electrons. The number of unbranched alkanes of at least 4 members (excludes halogenated alkanes) is 1. The molecular weight excluding hydrogens is 406 g/mol. The summed E-state index contributed by atoms with van der Waals surface area (Å²) < 4.78 is 5.25. The molecule has 6 nitrogen and oxygen atoms in total. The van der Waals surface area contributed by atoms with Crippen LogP contribution >= 0.6 is 11.6 Å². The van der Waals surface area contributed by atoms with Crippen molar-refractivity contribution >= 4 is 29.1 Å². The van der Waals surface area contributed by atoms with Gasteiger partial charge in [0.05, 0.1) is 23.7 Å². The third-order valence-corrected chi connectivity index (χ3v) is 5.55. The second-order valence-electron chi connectivity index (χ2n) is 7.24. The van der Waals surface area contributed by atoms with Crippen molar-refractivity contribution < 1.29 is 24.5 Å². The molecule has 2 aromatic rings. The molecule has 1 atom stereocenters. The van der Waals surface area contributed by atoms with Crippen LogP contribution in [0.1, 0.15) is 42.5 Å². The molecule has 1 aliphatic rings. The van der Waals surface area contributed by atoms with Crippen LogP contribution in [0.25, 0.3) is 5.76 Å². The number of phenols is 1. The van der Waals surface area contributed by atoms with E-state index in [2.05, 4.69) is 0 Å². The zero-order valence-corrected chi connectivity index (χ0v) is 17.9. The van der Waals surface area contributed by atoms with E-state index >= 15 is 0 Å². The van der Waals surface area contributed by atoms with Crippen molar-refractivity contribution in [2.45, 2.75) is 32.7 Å². The number of ether oxygens (including phenoxy) is 1. The number of rotatable bonds is 6. The summed E-state index contributed by atoms with van der Waals surface area (Å²) in [5, 5.41) is 20.9. The van der Waals surface area contributed by atoms with E-state index in [0.29, 0.717) is 29.8 Å². The second-order valence-corrected chi connectivity index (χ2v) is 7.65. The van der Waals surface area contributed by atoms with Gasteiger partial charge in [-0.1, -0.05) is 31.0 Å². The van der Waals surface area contributed by atoms with Crippen molar-refractivity contribution in [3.63, 3.8) is 0 Å². The SMILES string of the molecule is CCCCN1C(=O)C(=O)/C(=C(\O)c2ccc(OC)c(C)c2)C1c1ccc(O)c(Cl)c1. The van der Waals surface area contributed by atoms with Gasteiger partial charge in [-0.3, -0.25) is 9.59 Å². The lowest BCUT2D eigenvalue weighted by molar-refractivity contribution is -0.139. The van der Waals surface area contributed by atoms with Gasteiger partial charge in [-0.2, -0.15) is 0 Å². The number of likely N-dealkylation sites (tertiary alicyclic amines) is 1. The molecule has 2 N–H and O–H groups in total. The molecule has 0 saturated carbocycles. The minimum atomic E-state index is -0.794. The molecular formula is C23H24ClNO5. The summed E-state index contributed by atoms with van der Waals surface area (Å²) in [5.74, 6) is -1.11. The highest BCUT2D eigenvalue weighted by Crippen LogP contribution is 2.41. The maximum atomic E-state index is 12.9. The Labute approximate surface area is 180 Å². The van der Waals surface area contributed by atoms with Crippen LogP contribution in [0.15, 0.2) is 42.0 Å². The number of aromatic hydroxyl groups is 1. The van der Waals surface area contributed by atoms with E-state index in [4.69, 9.17) is 16.3 Å². The molecule has 1 unspecified atom stereocenters. The maximum Gasteiger partial charge on any atom is 0.295 e. The van der Waals surface area contributed by atoms with E-state index in [1.165, 1.54) is 17.0 Å². The largest absolute Gasteiger partial charge is 0.507 e. The molecule has 0 bridgehead atoms. The zero-order valence-electron chi connectivity index (χ0n) is 17.1. The summed E-state index contributed by atoms with van der Waals surface area (Å²) >= 11 is 6.08. The Bertz CT molecular complexity index is 1030. The number of hydrogen-bond donors (Lipinski definition) is 2. The fourth-order valence-electron chi connectivity index (χ4n) is 3.66. The normalized spacial score (nSPS) is 18.1. The second kappa shape index (κ2) is 8.79. The van der Waals surface area contributed by atoms with Crippen LogP contribution in [-0.2, 0) is 9.59 Å². The molecule has 158 valence electrons. The first-order chi connectivity index (χ1) is 14.3. The van der Waals surface area contributed by atoms with Crippen LogP contribution in [0.4, 0.5) is 0 Å². The lowest BCUT2D eigenvalue weighted by Crippen LogP contribution is -2.30. The van der Waals surface area contributed by atoms with Crippen molar-refractivity contribution in [3.8, 4) is 11.5 Å².